The van der Waals surface area contributed by atoms with E-state index in [9.17, 15) is 0 Å². The number of nitrogens with one attached hydrogen (secondary N) is 2. The van der Waals surface area contributed by atoms with E-state index in [4.69, 9.17) is 4.74 Å². The Bertz CT molecular complexity index is 482. The Kier molecular flexibility index (Phi) is 5.01. The summed E-state index contributed by atoms with van der Waals surface area (Å²) in [7, 11) is 0. The van der Waals surface area contributed by atoms with Gasteiger partial charge in [-0.15, -0.1) is 0 Å². The van der Waals surface area contributed by atoms with Gasteiger partial charge in [0, 0.05) is 12.1 Å². The van der Waals surface area contributed by atoms with Crippen molar-refractivity contribution in [3.05, 3.63) is 23.3 Å². The first-order valence-corrected chi connectivity index (χ1v) is 9.42. The standard InChI is InChI=1S/C10H17NO.C10H17N/c1-8(2)9-3-4-11-10(5-9)6-12-7-10;1-8(2)9-3-6-11-10(7-9)4-5-10/h3,8,11H,4-7H2,1-2H3;7-8,11H,3-6H2,1-2H3. The molecular formula is C20H34N2O. The van der Waals surface area contributed by atoms with Crippen molar-refractivity contribution in [3.63, 3.8) is 0 Å². The zero-order valence-electron chi connectivity index (χ0n) is 15.4. The van der Waals surface area contributed by atoms with Gasteiger partial charge in [0.2, 0.25) is 0 Å². The molecule has 23 heavy (non-hydrogen) atoms. The summed E-state index contributed by atoms with van der Waals surface area (Å²) >= 11 is 0. The Hall–Kier alpha value is -0.640. The summed E-state index contributed by atoms with van der Waals surface area (Å²) in [6.45, 7) is 13.2. The van der Waals surface area contributed by atoms with E-state index in [1.165, 1.54) is 32.2 Å². The highest BCUT2D eigenvalue weighted by molar-refractivity contribution is 5.26. The fourth-order valence-corrected chi connectivity index (χ4v) is 3.76. The third kappa shape index (κ3) is 4.07. The van der Waals surface area contributed by atoms with Gasteiger partial charge < -0.3 is 15.4 Å². The predicted octanol–water partition coefficient (Wildman–Crippen LogP) is 3.43. The number of hydrogen-bond acceptors (Lipinski definition) is 3. The van der Waals surface area contributed by atoms with Crippen molar-refractivity contribution < 1.29 is 4.74 Å². The van der Waals surface area contributed by atoms with Gasteiger partial charge in [-0.05, 0) is 44.1 Å². The fourth-order valence-electron chi connectivity index (χ4n) is 3.76. The van der Waals surface area contributed by atoms with Crippen LogP contribution in [-0.2, 0) is 4.74 Å². The lowest BCUT2D eigenvalue weighted by Crippen LogP contribution is -2.62. The maximum absolute atomic E-state index is 5.25. The van der Waals surface area contributed by atoms with Crippen molar-refractivity contribution in [2.75, 3.05) is 26.3 Å². The quantitative estimate of drug-likeness (QED) is 0.765. The molecule has 0 aromatic heterocycles. The molecule has 0 aromatic carbocycles. The highest BCUT2D eigenvalue weighted by Gasteiger charge is 2.42. The molecule has 2 spiro atoms. The molecule has 1 saturated carbocycles. The Morgan fingerprint density at radius 3 is 2.22 bits per heavy atom. The topological polar surface area (TPSA) is 33.3 Å². The molecule has 0 unspecified atom stereocenters. The Labute approximate surface area is 141 Å². The zero-order chi connectivity index (χ0) is 16.5. The van der Waals surface area contributed by atoms with Gasteiger partial charge in [-0.25, -0.2) is 0 Å². The van der Waals surface area contributed by atoms with Crippen molar-refractivity contribution in [1.29, 1.82) is 0 Å². The predicted molar refractivity (Wildman–Crippen MR) is 96.6 cm³/mol. The van der Waals surface area contributed by atoms with E-state index >= 15 is 0 Å². The van der Waals surface area contributed by atoms with Crippen LogP contribution in [0.1, 0.15) is 53.4 Å². The SMILES string of the molecule is CC(C)C1=CC2(CC2)NCC1.CC(C)C1=CCNC2(COC2)C1. The first kappa shape index (κ1) is 17.2. The van der Waals surface area contributed by atoms with Crippen LogP contribution in [0.15, 0.2) is 23.3 Å². The van der Waals surface area contributed by atoms with Crippen LogP contribution in [0.3, 0.4) is 0 Å². The molecule has 3 nitrogen and oxygen atoms in total. The highest BCUT2D eigenvalue weighted by Crippen LogP contribution is 2.41. The van der Waals surface area contributed by atoms with Gasteiger partial charge in [0.1, 0.15) is 0 Å². The number of ether oxygens (including phenoxy) is 1. The molecule has 1 aliphatic carbocycles. The van der Waals surface area contributed by atoms with Crippen molar-refractivity contribution >= 4 is 0 Å². The molecule has 130 valence electrons. The Balaban J connectivity index is 0.000000136. The maximum Gasteiger partial charge on any atom is 0.0693 e. The molecule has 3 heterocycles. The maximum atomic E-state index is 5.25. The smallest absolute Gasteiger partial charge is 0.0693 e. The van der Waals surface area contributed by atoms with Gasteiger partial charge in [0.15, 0.2) is 0 Å². The summed E-state index contributed by atoms with van der Waals surface area (Å²) in [5.74, 6) is 1.46. The molecule has 3 aliphatic heterocycles. The van der Waals surface area contributed by atoms with E-state index in [1.54, 1.807) is 11.1 Å². The van der Waals surface area contributed by atoms with Crippen LogP contribution in [-0.4, -0.2) is 37.4 Å². The fraction of sp³-hybridized carbons (Fsp3) is 0.800. The molecule has 3 heteroatoms. The van der Waals surface area contributed by atoms with Crippen LogP contribution < -0.4 is 10.6 Å². The third-order valence-electron chi connectivity index (χ3n) is 5.76. The van der Waals surface area contributed by atoms with E-state index in [0.29, 0.717) is 17.0 Å². The highest BCUT2D eigenvalue weighted by atomic mass is 16.5. The van der Waals surface area contributed by atoms with Crippen LogP contribution in [0.2, 0.25) is 0 Å². The molecule has 2 fully saturated rings. The van der Waals surface area contributed by atoms with Gasteiger partial charge in [0.25, 0.3) is 0 Å². The molecule has 0 bridgehead atoms. The minimum atomic E-state index is 0.314. The molecule has 0 radical (unpaired) electrons. The second-order valence-electron chi connectivity index (χ2n) is 8.47. The van der Waals surface area contributed by atoms with Gasteiger partial charge in [-0.3, -0.25) is 0 Å². The Morgan fingerprint density at radius 2 is 1.70 bits per heavy atom. The molecule has 0 aromatic rings. The van der Waals surface area contributed by atoms with Crippen molar-refractivity contribution in [2.24, 2.45) is 11.8 Å². The number of rotatable bonds is 2. The molecule has 4 aliphatic rings. The van der Waals surface area contributed by atoms with Gasteiger partial charge in [-0.1, -0.05) is 51.0 Å². The minimum absolute atomic E-state index is 0.314. The van der Waals surface area contributed by atoms with Gasteiger partial charge in [-0.2, -0.15) is 0 Å². The van der Waals surface area contributed by atoms with Gasteiger partial charge >= 0.3 is 0 Å². The molecular weight excluding hydrogens is 284 g/mol. The summed E-state index contributed by atoms with van der Waals surface area (Å²) in [4.78, 5) is 0. The average molecular weight is 319 g/mol. The van der Waals surface area contributed by atoms with Crippen molar-refractivity contribution in [3.8, 4) is 0 Å². The average Bonchev–Trinajstić information content (AvgIpc) is 3.25. The zero-order valence-corrected chi connectivity index (χ0v) is 15.4. The van der Waals surface area contributed by atoms with E-state index in [1.807, 2.05) is 0 Å². The van der Waals surface area contributed by atoms with Crippen LogP contribution >= 0.6 is 0 Å². The Morgan fingerprint density at radius 1 is 1.00 bits per heavy atom. The lowest BCUT2D eigenvalue weighted by molar-refractivity contribution is -0.0752. The van der Waals surface area contributed by atoms with Crippen molar-refractivity contribution in [1.82, 2.24) is 10.6 Å². The summed E-state index contributed by atoms with van der Waals surface area (Å²) < 4.78 is 5.25. The van der Waals surface area contributed by atoms with E-state index in [2.05, 4.69) is 50.5 Å². The molecule has 2 N–H and O–H groups in total. The second kappa shape index (κ2) is 6.70. The van der Waals surface area contributed by atoms with E-state index in [-0.39, 0.29) is 0 Å². The third-order valence-corrected chi connectivity index (χ3v) is 5.76. The summed E-state index contributed by atoms with van der Waals surface area (Å²) in [5, 5.41) is 7.09. The summed E-state index contributed by atoms with van der Waals surface area (Å²) in [6, 6.07) is 0. The molecule has 0 atom stereocenters. The summed E-state index contributed by atoms with van der Waals surface area (Å²) in [6.07, 6.45) is 9.99. The van der Waals surface area contributed by atoms with Crippen molar-refractivity contribution in [2.45, 2.75) is 64.5 Å². The number of hydrogen-bond donors (Lipinski definition) is 2. The first-order valence-electron chi connectivity index (χ1n) is 9.42. The second-order valence-corrected chi connectivity index (χ2v) is 8.47. The van der Waals surface area contributed by atoms with Crippen LogP contribution in [0.5, 0.6) is 0 Å². The summed E-state index contributed by atoms with van der Waals surface area (Å²) in [5.41, 5.74) is 4.05. The molecule has 4 rings (SSSR count). The minimum Gasteiger partial charge on any atom is -0.377 e. The van der Waals surface area contributed by atoms with Crippen LogP contribution in [0.25, 0.3) is 0 Å². The largest absolute Gasteiger partial charge is 0.377 e. The van der Waals surface area contributed by atoms with E-state index < -0.39 is 0 Å². The lowest BCUT2D eigenvalue weighted by atomic mass is 9.82. The van der Waals surface area contributed by atoms with Crippen LogP contribution in [0, 0.1) is 11.8 Å². The first-order chi connectivity index (χ1) is 10.9. The van der Waals surface area contributed by atoms with E-state index in [0.717, 1.165) is 25.7 Å². The monoisotopic (exact) mass is 318 g/mol. The molecule has 1 saturated heterocycles. The van der Waals surface area contributed by atoms with Gasteiger partial charge in [0.05, 0.1) is 18.8 Å². The normalized spacial score (nSPS) is 27.2. The van der Waals surface area contributed by atoms with Crippen LogP contribution in [0.4, 0.5) is 0 Å². The molecule has 0 amide bonds. The lowest BCUT2D eigenvalue weighted by Gasteiger charge is -2.45.